The lowest BCUT2D eigenvalue weighted by atomic mass is 9.82. The van der Waals surface area contributed by atoms with Crippen molar-refractivity contribution in [2.24, 2.45) is 11.3 Å². The molecule has 4 heteroatoms. The predicted octanol–water partition coefficient (Wildman–Crippen LogP) is 4.79. The molecular formula is C17H34O3Si. The summed E-state index contributed by atoms with van der Waals surface area (Å²) < 4.78 is 11.3. The van der Waals surface area contributed by atoms with Gasteiger partial charge in [0, 0.05) is 12.0 Å². The minimum atomic E-state index is -1.86. The van der Waals surface area contributed by atoms with Crippen LogP contribution in [0, 0.1) is 11.3 Å². The molecule has 21 heavy (non-hydrogen) atoms. The lowest BCUT2D eigenvalue weighted by Crippen LogP contribution is -2.49. The van der Waals surface area contributed by atoms with Crippen LogP contribution in [0.5, 0.6) is 0 Å². The van der Waals surface area contributed by atoms with Gasteiger partial charge in [0.15, 0.2) is 8.32 Å². The van der Waals surface area contributed by atoms with Gasteiger partial charge in [0.2, 0.25) is 0 Å². The quantitative estimate of drug-likeness (QED) is 0.416. The molecule has 0 bridgehead atoms. The van der Waals surface area contributed by atoms with Gasteiger partial charge >= 0.3 is 5.97 Å². The average Bonchev–Trinajstić information content (AvgIpc) is 2.29. The number of ether oxygens (including phenoxy) is 1. The molecule has 0 aromatic carbocycles. The molecule has 0 spiro atoms. The van der Waals surface area contributed by atoms with Gasteiger partial charge in [0.25, 0.3) is 0 Å². The van der Waals surface area contributed by atoms with Crippen LogP contribution >= 0.6 is 0 Å². The molecule has 0 amide bonds. The van der Waals surface area contributed by atoms with Crippen LogP contribution in [-0.2, 0) is 14.0 Å². The molecule has 0 unspecified atom stereocenters. The van der Waals surface area contributed by atoms with Crippen LogP contribution in [0.15, 0.2) is 12.2 Å². The molecule has 0 aliphatic rings. The van der Waals surface area contributed by atoms with E-state index < -0.39 is 8.32 Å². The van der Waals surface area contributed by atoms with E-state index in [9.17, 15) is 4.79 Å². The number of methoxy groups -OCH3 is 1. The first kappa shape index (κ1) is 20.4. The lowest BCUT2D eigenvalue weighted by molar-refractivity contribution is -0.134. The average molecular weight is 315 g/mol. The van der Waals surface area contributed by atoms with Gasteiger partial charge in [-0.15, -0.1) is 0 Å². The van der Waals surface area contributed by atoms with E-state index in [4.69, 9.17) is 4.43 Å². The molecule has 0 rings (SSSR count). The van der Waals surface area contributed by atoms with E-state index >= 15 is 0 Å². The van der Waals surface area contributed by atoms with E-state index in [1.165, 1.54) is 13.2 Å². The number of hydrogen-bond donors (Lipinski definition) is 0. The van der Waals surface area contributed by atoms with E-state index in [0.29, 0.717) is 0 Å². The molecule has 0 saturated carbocycles. The number of esters is 1. The summed E-state index contributed by atoms with van der Waals surface area (Å²) in [7, 11) is -0.462. The number of rotatable bonds is 5. The maximum absolute atomic E-state index is 11.3. The van der Waals surface area contributed by atoms with E-state index in [-0.39, 0.29) is 28.4 Å². The summed E-state index contributed by atoms with van der Waals surface area (Å²) in [6, 6.07) is 0. The van der Waals surface area contributed by atoms with Crippen LogP contribution in [0.2, 0.25) is 18.1 Å². The van der Waals surface area contributed by atoms with Crippen molar-refractivity contribution < 1.29 is 14.0 Å². The summed E-state index contributed by atoms with van der Waals surface area (Å²) in [4.78, 5) is 11.3. The molecule has 0 aromatic heterocycles. The van der Waals surface area contributed by atoms with Crippen molar-refractivity contribution in [3.8, 4) is 0 Å². The first-order valence-electron chi connectivity index (χ1n) is 7.66. The van der Waals surface area contributed by atoms with Gasteiger partial charge in [-0.2, -0.15) is 0 Å². The third-order valence-corrected chi connectivity index (χ3v) is 8.75. The molecule has 0 heterocycles. The largest absolute Gasteiger partial charge is 0.466 e. The van der Waals surface area contributed by atoms with Crippen LogP contribution in [0.4, 0.5) is 0 Å². The second-order valence-electron chi connectivity index (χ2n) is 8.41. The van der Waals surface area contributed by atoms with Crippen molar-refractivity contribution in [1.29, 1.82) is 0 Å². The van der Waals surface area contributed by atoms with Crippen molar-refractivity contribution in [2.75, 3.05) is 7.11 Å². The van der Waals surface area contributed by atoms with E-state index in [0.717, 1.165) is 0 Å². The Bertz CT molecular complexity index is 372. The van der Waals surface area contributed by atoms with Gasteiger partial charge in [-0.3, -0.25) is 0 Å². The second-order valence-corrected chi connectivity index (χ2v) is 13.2. The van der Waals surface area contributed by atoms with Gasteiger partial charge in [-0.25, -0.2) is 4.79 Å². The van der Waals surface area contributed by atoms with Crippen LogP contribution in [0.1, 0.15) is 48.5 Å². The maximum Gasteiger partial charge on any atom is 0.330 e. The van der Waals surface area contributed by atoms with Gasteiger partial charge in [0.05, 0.1) is 13.2 Å². The number of carbonyl (C=O) groups excluding carboxylic acids is 1. The molecule has 0 N–H and O–H groups in total. The normalized spacial score (nSPS) is 16.9. The van der Waals surface area contributed by atoms with E-state index in [1.54, 1.807) is 0 Å². The van der Waals surface area contributed by atoms with E-state index in [2.05, 4.69) is 66.3 Å². The fourth-order valence-corrected chi connectivity index (χ4v) is 3.52. The standard InChI is InChI=1S/C17H34O3Si/c1-13(11-12-14(18)19-8)15(16(2,3)4)20-21(9,10)17(5,6)7/h11-13,15H,1-10H3/b12-11+/t13-,15+/m1/s1. The maximum atomic E-state index is 11.3. The lowest BCUT2D eigenvalue weighted by Gasteiger charge is -2.45. The first-order valence-corrected chi connectivity index (χ1v) is 10.6. The number of hydrogen-bond acceptors (Lipinski definition) is 3. The molecule has 124 valence electrons. The Hall–Kier alpha value is -0.613. The molecule has 0 saturated heterocycles. The Morgan fingerprint density at radius 2 is 1.57 bits per heavy atom. The smallest absolute Gasteiger partial charge is 0.330 e. The Labute approximate surface area is 132 Å². The third kappa shape index (κ3) is 6.35. The number of carbonyl (C=O) groups is 1. The fourth-order valence-electron chi connectivity index (χ4n) is 1.97. The van der Waals surface area contributed by atoms with Gasteiger partial charge in [-0.1, -0.05) is 54.5 Å². The SMILES string of the molecule is COC(=O)/C=C/[C@@H](C)[C@H](O[Si](C)(C)C(C)(C)C)C(C)(C)C. The highest BCUT2D eigenvalue weighted by Gasteiger charge is 2.42. The molecule has 0 aliphatic carbocycles. The Morgan fingerprint density at radius 1 is 1.10 bits per heavy atom. The highest BCUT2D eigenvalue weighted by molar-refractivity contribution is 6.74. The molecule has 3 nitrogen and oxygen atoms in total. The van der Waals surface area contributed by atoms with Crippen LogP contribution in [0.25, 0.3) is 0 Å². The predicted molar refractivity (Wildman–Crippen MR) is 91.8 cm³/mol. The minimum Gasteiger partial charge on any atom is -0.466 e. The summed E-state index contributed by atoms with van der Waals surface area (Å²) in [5.41, 5.74) is 0.00932. The Balaban J connectivity index is 5.25. The zero-order chi connectivity index (χ0) is 17.1. The zero-order valence-corrected chi connectivity index (χ0v) is 16.5. The summed E-state index contributed by atoms with van der Waals surface area (Å²) in [6.07, 6.45) is 3.46. The van der Waals surface area contributed by atoms with Crippen molar-refractivity contribution in [3.63, 3.8) is 0 Å². The van der Waals surface area contributed by atoms with Gasteiger partial charge in [0.1, 0.15) is 0 Å². The topological polar surface area (TPSA) is 35.5 Å². The van der Waals surface area contributed by atoms with Crippen molar-refractivity contribution in [2.45, 2.75) is 72.7 Å². The molecule has 0 radical (unpaired) electrons. The van der Waals surface area contributed by atoms with E-state index in [1.807, 2.05) is 6.08 Å². The summed E-state index contributed by atoms with van der Waals surface area (Å²) >= 11 is 0. The van der Waals surface area contributed by atoms with Crippen molar-refractivity contribution >= 4 is 14.3 Å². The van der Waals surface area contributed by atoms with Gasteiger partial charge in [-0.05, 0) is 23.5 Å². The fraction of sp³-hybridized carbons (Fsp3) is 0.824. The van der Waals surface area contributed by atoms with Crippen LogP contribution in [0.3, 0.4) is 0 Å². The Morgan fingerprint density at radius 3 is 1.90 bits per heavy atom. The minimum absolute atomic E-state index is 0.00932. The molecule has 0 aromatic rings. The highest BCUT2D eigenvalue weighted by atomic mass is 28.4. The van der Waals surface area contributed by atoms with Gasteiger partial charge < -0.3 is 9.16 Å². The first-order chi connectivity index (χ1) is 9.22. The molecular weight excluding hydrogens is 280 g/mol. The summed E-state index contributed by atoms with van der Waals surface area (Å²) in [6.45, 7) is 19.9. The molecule has 0 fully saturated rings. The van der Waals surface area contributed by atoms with Crippen LogP contribution < -0.4 is 0 Å². The van der Waals surface area contributed by atoms with Crippen molar-refractivity contribution in [3.05, 3.63) is 12.2 Å². The summed E-state index contributed by atoms with van der Waals surface area (Å²) in [5.74, 6) is -0.167. The van der Waals surface area contributed by atoms with Crippen molar-refractivity contribution in [1.82, 2.24) is 0 Å². The zero-order valence-electron chi connectivity index (χ0n) is 15.5. The van der Waals surface area contributed by atoms with Crippen LogP contribution in [-0.4, -0.2) is 27.5 Å². The molecule has 2 atom stereocenters. The molecule has 0 aliphatic heterocycles. The second kappa shape index (κ2) is 7.10. The summed E-state index contributed by atoms with van der Waals surface area (Å²) in [5, 5.41) is 0.169. The highest BCUT2D eigenvalue weighted by Crippen LogP contribution is 2.41. The third-order valence-electron chi connectivity index (χ3n) is 4.30. The Kier molecular flexibility index (Phi) is 6.89. The monoisotopic (exact) mass is 314 g/mol.